The highest BCUT2D eigenvalue weighted by Gasteiger charge is 2.23. The van der Waals surface area contributed by atoms with Gasteiger partial charge in [0, 0.05) is 13.6 Å². The van der Waals surface area contributed by atoms with Gasteiger partial charge >= 0.3 is 6.03 Å². The Balaban J connectivity index is 3.31. The summed E-state index contributed by atoms with van der Waals surface area (Å²) in [5.41, 5.74) is 8.64. The molecular weight excluding hydrogens is 252 g/mol. The number of nitrogens with two attached hydrogens (primary N) is 1. The molecule has 3 N–H and O–H groups in total. The first-order valence-corrected chi connectivity index (χ1v) is 6.97. The van der Waals surface area contributed by atoms with Crippen molar-refractivity contribution in [3.63, 3.8) is 0 Å². The average molecular weight is 276 g/mol. The van der Waals surface area contributed by atoms with Crippen LogP contribution in [-0.4, -0.2) is 30.5 Å². The van der Waals surface area contributed by atoms with Gasteiger partial charge < -0.3 is 5.73 Å². The number of nitrogens with one attached hydrogen (secondary N) is 1. The molecule has 0 aliphatic carbocycles. The molecule has 0 aliphatic heterocycles. The first-order valence-electron chi connectivity index (χ1n) is 6.97. The van der Waals surface area contributed by atoms with Gasteiger partial charge in [0.1, 0.15) is 0 Å². The molecule has 1 aromatic rings. The summed E-state index contributed by atoms with van der Waals surface area (Å²) >= 11 is 0. The Labute approximate surface area is 120 Å². The molecule has 5 nitrogen and oxygen atoms in total. The molecule has 110 valence electrons. The zero-order valence-corrected chi connectivity index (χ0v) is 12.7. The Morgan fingerprint density at radius 1 is 1.20 bits per heavy atom. The minimum atomic E-state index is -0.268. The van der Waals surface area contributed by atoms with E-state index in [1.165, 1.54) is 7.05 Å². The second-order valence-corrected chi connectivity index (χ2v) is 4.60. The van der Waals surface area contributed by atoms with Gasteiger partial charge in [0.15, 0.2) is 5.96 Å². The average Bonchev–Trinajstić information content (AvgIpc) is 2.46. The molecule has 1 rings (SSSR count). The number of para-hydroxylation sites is 1. The highest BCUT2D eigenvalue weighted by molar-refractivity contribution is 6.02. The molecule has 2 amide bonds. The molecule has 0 saturated heterocycles. The number of rotatable bonds is 4. The smallest absolute Gasteiger partial charge is 0.331 e. The summed E-state index contributed by atoms with van der Waals surface area (Å²) in [5, 5.41) is 7.41. The summed E-state index contributed by atoms with van der Waals surface area (Å²) < 4.78 is 0. The van der Waals surface area contributed by atoms with E-state index in [-0.39, 0.29) is 12.0 Å². The molecular formula is C15H24N4O. The van der Waals surface area contributed by atoms with Gasteiger partial charge in [0.2, 0.25) is 0 Å². The van der Waals surface area contributed by atoms with Crippen LogP contribution < -0.4 is 10.6 Å². The van der Waals surface area contributed by atoms with E-state index in [0.717, 1.165) is 34.6 Å². The van der Waals surface area contributed by atoms with E-state index in [9.17, 15) is 4.79 Å². The van der Waals surface area contributed by atoms with Gasteiger partial charge in [0.05, 0.1) is 5.69 Å². The molecule has 0 radical (unpaired) electrons. The summed E-state index contributed by atoms with van der Waals surface area (Å²) in [6, 6.07) is 5.83. The number of benzene rings is 1. The molecule has 5 heteroatoms. The number of guanidine groups is 1. The fourth-order valence-corrected chi connectivity index (χ4v) is 2.23. The first kappa shape index (κ1) is 16.0. The highest BCUT2D eigenvalue weighted by atomic mass is 16.2. The third-order valence-electron chi connectivity index (χ3n) is 3.43. The van der Waals surface area contributed by atoms with Crippen molar-refractivity contribution in [2.45, 2.75) is 33.6 Å². The van der Waals surface area contributed by atoms with Crippen LogP contribution in [0.2, 0.25) is 0 Å². The molecule has 0 bridgehead atoms. The lowest BCUT2D eigenvalue weighted by Gasteiger charge is -2.29. The molecule has 20 heavy (non-hydrogen) atoms. The van der Waals surface area contributed by atoms with Crippen molar-refractivity contribution in [3.8, 4) is 0 Å². The first-order chi connectivity index (χ1) is 9.47. The van der Waals surface area contributed by atoms with Crippen LogP contribution >= 0.6 is 0 Å². The number of anilines is 1. The lowest BCUT2D eigenvalue weighted by atomic mass is 10.0. The Morgan fingerprint density at radius 2 is 1.70 bits per heavy atom. The summed E-state index contributed by atoms with van der Waals surface area (Å²) in [7, 11) is 1.52. The number of aryl methyl sites for hydroxylation is 2. The van der Waals surface area contributed by atoms with Crippen LogP contribution in [0.4, 0.5) is 10.5 Å². The van der Waals surface area contributed by atoms with Crippen molar-refractivity contribution >= 4 is 17.7 Å². The fraction of sp³-hybridized carbons (Fsp3) is 0.467. The molecule has 1 aromatic carbocycles. The third kappa shape index (κ3) is 3.10. The van der Waals surface area contributed by atoms with Crippen molar-refractivity contribution in [1.29, 1.82) is 5.41 Å². The highest BCUT2D eigenvalue weighted by Crippen LogP contribution is 2.27. The van der Waals surface area contributed by atoms with E-state index in [0.29, 0.717) is 6.54 Å². The number of urea groups is 1. The minimum absolute atomic E-state index is 0.250. The van der Waals surface area contributed by atoms with Crippen LogP contribution in [0.1, 0.15) is 31.9 Å². The van der Waals surface area contributed by atoms with Gasteiger partial charge in [-0.05, 0) is 30.9 Å². The Bertz CT molecular complexity index is 476. The quantitative estimate of drug-likeness (QED) is 0.655. The van der Waals surface area contributed by atoms with E-state index in [2.05, 4.69) is 13.8 Å². The second-order valence-electron chi connectivity index (χ2n) is 4.60. The molecule has 0 atom stereocenters. The Hall–Kier alpha value is -2.04. The van der Waals surface area contributed by atoms with Crippen molar-refractivity contribution in [3.05, 3.63) is 29.3 Å². The minimum Gasteiger partial charge on any atom is -0.370 e. The number of amides is 2. The van der Waals surface area contributed by atoms with Crippen LogP contribution in [0.15, 0.2) is 18.2 Å². The maximum atomic E-state index is 12.5. The molecule has 0 saturated carbocycles. The number of hydrogen-bond donors (Lipinski definition) is 2. The van der Waals surface area contributed by atoms with E-state index in [1.54, 1.807) is 4.90 Å². The maximum absolute atomic E-state index is 12.5. The molecule has 0 aromatic heterocycles. The van der Waals surface area contributed by atoms with Crippen molar-refractivity contribution in [2.24, 2.45) is 5.73 Å². The standard InChI is InChI=1S/C15H24N4O/c1-5-11-9-8-10-12(6-2)13(11)19(7-3)15(20)18(4)14(16)17/h8-10H,5-7H2,1-4H3,(H3,16,17). The van der Waals surface area contributed by atoms with Gasteiger partial charge in [-0.25, -0.2) is 4.79 Å². The summed E-state index contributed by atoms with van der Waals surface area (Å²) in [5.74, 6) is -0.250. The SMILES string of the molecule is CCc1cccc(CC)c1N(CC)C(=O)N(C)C(=N)N. The summed E-state index contributed by atoms with van der Waals surface area (Å²) in [6.07, 6.45) is 1.72. The zero-order valence-electron chi connectivity index (χ0n) is 12.7. The fourth-order valence-electron chi connectivity index (χ4n) is 2.23. The van der Waals surface area contributed by atoms with Gasteiger partial charge in [-0.3, -0.25) is 15.2 Å². The predicted molar refractivity (Wildman–Crippen MR) is 83.3 cm³/mol. The lowest BCUT2D eigenvalue weighted by Crippen LogP contribution is -2.47. The normalized spacial score (nSPS) is 10.2. The van der Waals surface area contributed by atoms with Crippen molar-refractivity contribution in [2.75, 3.05) is 18.5 Å². The monoisotopic (exact) mass is 276 g/mol. The topological polar surface area (TPSA) is 73.4 Å². The van der Waals surface area contributed by atoms with E-state index in [4.69, 9.17) is 11.1 Å². The summed E-state index contributed by atoms with van der Waals surface area (Å²) in [4.78, 5) is 15.3. The van der Waals surface area contributed by atoms with Crippen LogP contribution in [0, 0.1) is 5.41 Å². The number of carbonyl (C=O) groups is 1. The van der Waals surface area contributed by atoms with Crippen molar-refractivity contribution < 1.29 is 4.79 Å². The Kier molecular flexibility index (Phi) is 5.55. The van der Waals surface area contributed by atoms with E-state index < -0.39 is 0 Å². The Morgan fingerprint density at radius 3 is 2.05 bits per heavy atom. The molecule has 0 unspecified atom stereocenters. The molecule has 0 fully saturated rings. The molecule has 0 heterocycles. The van der Waals surface area contributed by atoms with E-state index >= 15 is 0 Å². The number of nitrogens with zero attached hydrogens (tertiary/aromatic N) is 2. The zero-order chi connectivity index (χ0) is 15.3. The lowest BCUT2D eigenvalue weighted by molar-refractivity contribution is 0.232. The van der Waals surface area contributed by atoms with Gasteiger partial charge in [0.25, 0.3) is 0 Å². The maximum Gasteiger partial charge on any atom is 0.331 e. The van der Waals surface area contributed by atoms with Gasteiger partial charge in [-0.1, -0.05) is 32.0 Å². The van der Waals surface area contributed by atoms with Crippen LogP contribution in [0.25, 0.3) is 0 Å². The van der Waals surface area contributed by atoms with E-state index in [1.807, 2.05) is 25.1 Å². The van der Waals surface area contributed by atoms with Crippen LogP contribution in [-0.2, 0) is 12.8 Å². The van der Waals surface area contributed by atoms with Gasteiger partial charge in [-0.15, -0.1) is 0 Å². The van der Waals surface area contributed by atoms with Crippen LogP contribution in [0.3, 0.4) is 0 Å². The largest absolute Gasteiger partial charge is 0.370 e. The van der Waals surface area contributed by atoms with Crippen molar-refractivity contribution in [1.82, 2.24) is 4.90 Å². The predicted octanol–water partition coefficient (Wildman–Crippen LogP) is 2.58. The molecule has 0 aliphatic rings. The van der Waals surface area contributed by atoms with Crippen LogP contribution in [0.5, 0.6) is 0 Å². The number of carbonyl (C=O) groups excluding carboxylic acids is 1. The number of hydrogen-bond acceptors (Lipinski definition) is 2. The molecule has 0 spiro atoms. The summed E-state index contributed by atoms with van der Waals surface area (Å²) in [6.45, 7) is 6.62. The third-order valence-corrected chi connectivity index (χ3v) is 3.43. The second kappa shape index (κ2) is 6.93. The van der Waals surface area contributed by atoms with Gasteiger partial charge in [-0.2, -0.15) is 0 Å².